The average Bonchev–Trinajstić information content (AvgIpc) is 3.23. The molecule has 0 aliphatic rings. The standard InChI is InChI=1S/C53H95NO5/c1-4-7-10-13-16-19-22-24-25-26-28-30-33-36-39-42-45-51(56)50(48-55)54-52(57)47-49(44-41-38-35-32-29-21-18-15-12-9-6-3)59-53(58)46-43-40-37-34-31-27-23-20-17-14-11-8-5-2/h9,12,15,18,21,27,29,31-32,35,49-51,55-56H,4-8,10-11,13-14,16-17,19-20,22-26,28,30,33-34,36-48H2,1-3H3,(H,54,57)/b12-9+,18-15+,29-21-,31-27-,35-32-. The lowest BCUT2D eigenvalue weighted by atomic mass is 10.0. The van der Waals surface area contributed by atoms with Gasteiger partial charge in [-0.15, -0.1) is 0 Å². The van der Waals surface area contributed by atoms with Gasteiger partial charge < -0.3 is 20.3 Å². The van der Waals surface area contributed by atoms with Crippen molar-refractivity contribution >= 4 is 11.9 Å². The summed E-state index contributed by atoms with van der Waals surface area (Å²) in [6.45, 7) is 6.31. The third kappa shape index (κ3) is 42.1. The first-order valence-electron chi connectivity index (χ1n) is 25.1. The summed E-state index contributed by atoms with van der Waals surface area (Å²) in [7, 11) is 0. The summed E-state index contributed by atoms with van der Waals surface area (Å²) in [4.78, 5) is 26.0. The van der Waals surface area contributed by atoms with E-state index in [1.54, 1.807) is 0 Å². The molecule has 0 spiro atoms. The van der Waals surface area contributed by atoms with Crippen LogP contribution in [0.2, 0.25) is 0 Å². The quantitative estimate of drug-likeness (QED) is 0.0246. The monoisotopic (exact) mass is 826 g/mol. The van der Waals surface area contributed by atoms with Crippen LogP contribution in [0.15, 0.2) is 60.8 Å². The number of carbonyl (C=O) groups is 2. The molecular formula is C53H95NO5. The van der Waals surface area contributed by atoms with Crippen molar-refractivity contribution in [2.45, 2.75) is 257 Å². The Morgan fingerprint density at radius 3 is 1.46 bits per heavy atom. The second-order valence-corrected chi connectivity index (χ2v) is 16.9. The van der Waals surface area contributed by atoms with Gasteiger partial charge in [0.15, 0.2) is 0 Å². The molecule has 0 aliphatic carbocycles. The molecule has 0 saturated carbocycles. The van der Waals surface area contributed by atoms with E-state index in [1.165, 1.54) is 122 Å². The Kier molecular flexibility index (Phi) is 44.7. The molecule has 6 nitrogen and oxygen atoms in total. The molecular weight excluding hydrogens is 731 g/mol. The number of allylic oxidation sites excluding steroid dienone is 10. The molecule has 0 aromatic heterocycles. The molecule has 0 fully saturated rings. The number of rotatable bonds is 44. The SMILES string of the molecule is CC/C=C/C=C/C=C\C=C/CCCC(CC(=O)NC(CO)C(O)CCCCCCCCCCCCCCCCCC)OC(=O)CCCCC/C=C\CCCCCCCC. The number of aliphatic hydroxyl groups is 2. The van der Waals surface area contributed by atoms with Crippen molar-refractivity contribution in [3.8, 4) is 0 Å². The minimum Gasteiger partial charge on any atom is -0.462 e. The van der Waals surface area contributed by atoms with Gasteiger partial charge >= 0.3 is 5.97 Å². The van der Waals surface area contributed by atoms with Crippen LogP contribution in [0.25, 0.3) is 0 Å². The second-order valence-electron chi connectivity index (χ2n) is 16.9. The summed E-state index contributed by atoms with van der Waals surface area (Å²) in [6.07, 6.45) is 57.2. The van der Waals surface area contributed by atoms with Crippen molar-refractivity contribution in [1.29, 1.82) is 0 Å². The molecule has 3 N–H and O–H groups in total. The highest BCUT2D eigenvalue weighted by Gasteiger charge is 2.24. The van der Waals surface area contributed by atoms with E-state index >= 15 is 0 Å². The first-order chi connectivity index (χ1) is 29.0. The predicted molar refractivity (Wildman–Crippen MR) is 255 cm³/mol. The van der Waals surface area contributed by atoms with Crippen LogP contribution in [0.5, 0.6) is 0 Å². The minimum atomic E-state index is -0.808. The van der Waals surface area contributed by atoms with Gasteiger partial charge in [-0.2, -0.15) is 0 Å². The van der Waals surface area contributed by atoms with Crippen LogP contribution in [0, 0.1) is 0 Å². The summed E-state index contributed by atoms with van der Waals surface area (Å²) in [6, 6.07) is -0.726. The highest BCUT2D eigenvalue weighted by Crippen LogP contribution is 2.17. The topological polar surface area (TPSA) is 95.9 Å². The lowest BCUT2D eigenvalue weighted by molar-refractivity contribution is -0.151. The Balaban J connectivity index is 4.59. The summed E-state index contributed by atoms with van der Waals surface area (Å²) < 4.78 is 5.87. The van der Waals surface area contributed by atoms with Gasteiger partial charge in [0.2, 0.25) is 5.91 Å². The van der Waals surface area contributed by atoms with Gasteiger partial charge in [0, 0.05) is 6.42 Å². The largest absolute Gasteiger partial charge is 0.462 e. The first-order valence-corrected chi connectivity index (χ1v) is 25.1. The van der Waals surface area contributed by atoms with Crippen LogP contribution in [-0.2, 0) is 14.3 Å². The molecule has 3 atom stereocenters. The van der Waals surface area contributed by atoms with Crippen molar-refractivity contribution in [3.05, 3.63) is 60.8 Å². The van der Waals surface area contributed by atoms with Gasteiger partial charge in [0.25, 0.3) is 0 Å². The molecule has 0 aromatic carbocycles. The lowest BCUT2D eigenvalue weighted by Gasteiger charge is -2.24. The molecule has 342 valence electrons. The molecule has 0 saturated heterocycles. The van der Waals surface area contributed by atoms with Crippen LogP contribution >= 0.6 is 0 Å². The van der Waals surface area contributed by atoms with Crippen LogP contribution in [0.1, 0.15) is 239 Å². The highest BCUT2D eigenvalue weighted by atomic mass is 16.5. The zero-order valence-corrected chi connectivity index (χ0v) is 38.9. The normalized spacial score (nSPS) is 13.8. The average molecular weight is 826 g/mol. The number of ether oxygens (including phenoxy) is 1. The molecule has 0 aromatic rings. The summed E-state index contributed by atoms with van der Waals surface area (Å²) in [5.74, 6) is -0.561. The van der Waals surface area contributed by atoms with E-state index in [9.17, 15) is 19.8 Å². The highest BCUT2D eigenvalue weighted by molar-refractivity contribution is 5.77. The van der Waals surface area contributed by atoms with Crippen LogP contribution in [-0.4, -0.2) is 46.9 Å². The van der Waals surface area contributed by atoms with E-state index in [4.69, 9.17) is 4.74 Å². The third-order valence-electron chi connectivity index (χ3n) is 11.2. The van der Waals surface area contributed by atoms with Crippen molar-refractivity contribution in [1.82, 2.24) is 5.32 Å². The maximum atomic E-state index is 13.2. The van der Waals surface area contributed by atoms with Crippen molar-refractivity contribution in [2.75, 3.05) is 6.61 Å². The Bertz CT molecular complexity index is 1060. The van der Waals surface area contributed by atoms with Gasteiger partial charge in [-0.05, 0) is 64.2 Å². The van der Waals surface area contributed by atoms with Gasteiger partial charge in [-0.25, -0.2) is 0 Å². The summed E-state index contributed by atoms with van der Waals surface area (Å²) in [5.41, 5.74) is 0. The number of esters is 1. The molecule has 59 heavy (non-hydrogen) atoms. The number of unbranched alkanes of at least 4 members (excludes halogenated alkanes) is 25. The zero-order chi connectivity index (χ0) is 43.1. The molecule has 0 aliphatic heterocycles. The van der Waals surface area contributed by atoms with Crippen molar-refractivity contribution in [3.63, 3.8) is 0 Å². The van der Waals surface area contributed by atoms with E-state index in [1.807, 2.05) is 36.5 Å². The molecule has 0 rings (SSSR count). The number of amides is 1. The Hall–Kier alpha value is -2.44. The van der Waals surface area contributed by atoms with E-state index in [0.29, 0.717) is 19.3 Å². The van der Waals surface area contributed by atoms with Gasteiger partial charge in [0.05, 0.1) is 25.2 Å². The number of aliphatic hydroxyl groups excluding tert-OH is 2. The summed E-state index contributed by atoms with van der Waals surface area (Å²) >= 11 is 0. The fourth-order valence-electron chi connectivity index (χ4n) is 7.38. The van der Waals surface area contributed by atoms with Crippen molar-refractivity contribution < 1.29 is 24.5 Å². The Morgan fingerprint density at radius 1 is 0.508 bits per heavy atom. The predicted octanol–water partition coefficient (Wildman–Crippen LogP) is 14.8. The van der Waals surface area contributed by atoms with Crippen LogP contribution in [0.3, 0.4) is 0 Å². The van der Waals surface area contributed by atoms with Gasteiger partial charge in [-0.3, -0.25) is 9.59 Å². The Morgan fingerprint density at radius 2 is 0.949 bits per heavy atom. The molecule has 1 amide bonds. The molecule has 0 radical (unpaired) electrons. The number of carbonyl (C=O) groups excluding carboxylic acids is 2. The van der Waals surface area contributed by atoms with E-state index in [-0.39, 0.29) is 24.9 Å². The number of hydrogen-bond acceptors (Lipinski definition) is 5. The summed E-state index contributed by atoms with van der Waals surface area (Å²) in [5, 5.41) is 23.7. The zero-order valence-electron chi connectivity index (χ0n) is 38.9. The fourth-order valence-corrected chi connectivity index (χ4v) is 7.38. The third-order valence-corrected chi connectivity index (χ3v) is 11.2. The molecule has 0 heterocycles. The Labute approximate surface area is 365 Å². The molecule has 0 bridgehead atoms. The van der Waals surface area contributed by atoms with Crippen LogP contribution in [0.4, 0.5) is 0 Å². The maximum absolute atomic E-state index is 13.2. The second kappa shape index (κ2) is 46.6. The minimum absolute atomic E-state index is 0.0249. The molecule has 6 heteroatoms. The van der Waals surface area contributed by atoms with E-state index in [0.717, 1.165) is 70.6 Å². The fraction of sp³-hybridized carbons (Fsp3) is 0.774. The molecule has 3 unspecified atom stereocenters. The van der Waals surface area contributed by atoms with E-state index < -0.39 is 18.2 Å². The first kappa shape index (κ1) is 56.6. The van der Waals surface area contributed by atoms with E-state index in [2.05, 4.69) is 50.4 Å². The maximum Gasteiger partial charge on any atom is 0.306 e. The number of hydrogen-bond donors (Lipinski definition) is 3. The smallest absolute Gasteiger partial charge is 0.306 e. The van der Waals surface area contributed by atoms with Gasteiger partial charge in [-0.1, -0.05) is 223 Å². The van der Waals surface area contributed by atoms with Gasteiger partial charge in [0.1, 0.15) is 6.10 Å². The van der Waals surface area contributed by atoms with Crippen LogP contribution < -0.4 is 5.32 Å². The number of nitrogens with one attached hydrogen (secondary N) is 1. The lowest BCUT2D eigenvalue weighted by Crippen LogP contribution is -2.46. The van der Waals surface area contributed by atoms with Crippen molar-refractivity contribution in [2.24, 2.45) is 0 Å².